The standard InChI is InChI=1S/C17H19NO4/c1-4-11(22-3)9-10(2)15-14(17(20)21)12-7-5-6-8-13(12)16(19)18-15/h5-9,14-15H,2,4H2,1,3H3,(H,18,19)(H,20,21)/b11-9+/t14-,15-/m0/s1. The molecule has 22 heavy (non-hydrogen) atoms. The van der Waals surface area contributed by atoms with Gasteiger partial charge in [0.15, 0.2) is 0 Å². The average molecular weight is 301 g/mol. The van der Waals surface area contributed by atoms with Crippen molar-refractivity contribution in [3.8, 4) is 0 Å². The topological polar surface area (TPSA) is 75.6 Å². The number of fused-ring (bicyclic) bond motifs is 1. The minimum atomic E-state index is -0.998. The summed E-state index contributed by atoms with van der Waals surface area (Å²) in [6, 6.07) is 6.05. The summed E-state index contributed by atoms with van der Waals surface area (Å²) >= 11 is 0. The first-order chi connectivity index (χ1) is 10.5. The van der Waals surface area contributed by atoms with Gasteiger partial charge in [-0.3, -0.25) is 9.59 Å². The molecule has 0 saturated heterocycles. The normalized spacial score (nSPS) is 20.8. The molecule has 1 amide bonds. The van der Waals surface area contributed by atoms with Gasteiger partial charge in [-0.2, -0.15) is 0 Å². The van der Waals surface area contributed by atoms with Gasteiger partial charge in [0.25, 0.3) is 5.91 Å². The highest BCUT2D eigenvalue weighted by Gasteiger charge is 2.39. The van der Waals surface area contributed by atoms with Crippen molar-refractivity contribution in [1.29, 1.82) is 0 Å². The lowest BCUT2D eigenvalue weighted by atomic mass is 9.81. The van der Waals surface area contributed by atoms with Crippen LogP contribution in [-0.4, -0.2) is 30.1 Å². The molecule has 1 aromatic rings. The number of rotatable bonds is 5. The zero-order valence-corrected chi connectivity index (χ0v) is 12.6. The first-order valence-corrected chi connectivity index (χ1v) is 7.05. The summed E-state index contributed by atoms with van der Waals surface area (Å²) in [5, 5.41) is 12.3. The summed E-state index contributed by atoms with van der Waals surface area (Å²) < 4.78 is 5.19. The molecule has 1 aliphatic rings. The van der Waals surface area contributed by atoms with Crippen molar-refractivity contribution in [2.45, 2.75) is 25.3 Å². The molecule has 0 saturated carbocycles. The van der Waals surface area contributed by atoms with Crippen LogP contribution < -0.4 is 5.32 Å². The van der Waals surface area contributed by atoms with E-state index in [0.717, 1.165) is 0 Å². The van der Waals surface area contributed by atoms with E-state index < -0.39 is 17.9 Å². The predicted octanol–water partition coefficient (Wildman–Crippen LogP) is 2.46. The molecule has 116 valence electrons. The summed E-state index contributed by atoms with van der Waals surface area (Å²) in [5.41, 5.74) is 1.41. The molecule has 0 fully saturated rings. The van der Waals surface area contributed by atoms with Crippen LogP contribution in [0.2, 0.25) is 0 Å². The summed E-state index contributed by atoms with van der Waals surface area (Å²) in [6.07, 6.45) is 2.35. The number of ether oxygens (including phenoxy) is 1. The van der Waals surface area contributed by atoms with Crippen LogP contribution in [0.4, 0.5) is 0 Å². The van der Waals surface area contributed by atoms with Gasteiger partial charge in [-0.25, -0.2) is 0 Å². The number of nitrogens with one attached hydrogen (secondary N) is 1. The second-order valence-corrected chi connectivity index (χ2v) is 5.10. The highest BCUT2D eigenvalue weighted by molar-refractivity contribution is 6.00. The smallest absolute Gasteiger partial charge is 0.313 e. The van der Waals surface area contributed by atoms with Crippen molar-refractivity contribution in [2.75, 3.05) is 7.11 Å². The zero-order chi connectivity index (χ0) is 16.3. The lowest BCUT2D eigenvalue weighted by Gasteiger charge is -2.32. The van der Waals surface area contributed by atoms with E-state index in [1.54, 1.807) is 37.5 Å². The van der Waals surface area contributed by atoms with Gasteiger partial charge in [0.1, 0.15) is 5.92 Å². The van der Waals surface area contributed by atoms with Crippen molar-refractivity contribution >= 4 is 11.9 Å². The molecule has 0 spiro atoms. The van der Waals surface area contributed by atoms with Crippen LogP contribution in [0.25, 0.3) is 0 Å². The average Bonchev–Trinajstić information content (AvgIpc) is 2.51. The molecule has 1 aliphatic heterocycles. The van der Waals surface area contributed by atoms with Crippen LogP contribution in [0.5, 0.6) is 0 Å². The lowest BCUT2D eigenvalue weighted by Crippen LogP contribution is -2.47. The number of carboxylic acid groups (broad SMARTS) is 1. The molecule has 0 radical (unpaired) electrons. The number of allylic oxidation sites excluding steroid dienone is 1. The van der Waals surface area contributed by atoms with E-state index >= 15 is 0 Å². The summed E-state index contributed by atoms with van der Waals surface area (Å²) in [7, 11) is 1.55. The minimum Gasteiger partial charge on any atom is -0.501 e. The Morgan fingerprint density at radius 2 is 2.14 bits per heavy atom. The summed E-state index contributed by atoms with van der Waals surface area (Å²) in [6.45, 7) is 5.84. The van der Waals surface area contributed by atoms with Crippen molar-refractivity contribution in [1.82, 2.24) is 5.32 Å². The number of hydrogen-bond acceptors (Lipinski definition) is 3. The monoisotopic (exact) mass is 301 g/mol. The Balaban J connectivity index is 2.45. The highest BCUT2D eigenvalue weighted by Crippen LogP contribution is 2.32. The van der Waals surface area contributed by atoms with Gasteiger partial charge in [-0.05, 0) is 23.3 Å². The van der Waals surface area contributed by atoms with Crippen LogP contribution in [-0.2, 0) is 9.53 Å². The Hall–Kier alpha value is -2.56. The van der Waals surface area contributed by atoms with E-state index in [0.29, 0.717) is 28.9 Å². The van der Waals surface area contributed by atoms with E-state index in [-0.39, 0.29) is 5.91 Å². The number of hydrogen-bond donors (Lipinski definition) is 2. The first kappa shape index (κ1) is 15.8. The van der Waals surface area contributed by atoms with E-state index in [4.69, 9.17) is 4.74 Å². The highest BCUT2D eigenvalue weighted by atomic mass is 16.5. The van der Waals surface area contributed by atoms with Crippen molar-refractivity contribution in [2.24, 2.45) is 0 Å². The van der Waals surface area contributed by atoms with Crippen LogP contribution in [0.3, 0.4) is 0 Å². The van der Waals surface area contributed by atoms with E-state index in [1.807, 2.05) is 6.92 Å². The molecule has 5 heteroatoms. The van der Waals surface area contributed by atoms with Gasteiger partial charge in [0.05, 0.1) is 18.9 Å². The fraction of sp³-hybridized carbons (Fsp3) is 0.294. The number of benzene rings is 1. The third-order valence-electron chi connectivity index (χ3n) is 3.78. The van der Waals surface area contributed by atoms with Crippen LogP contribution in [0.15, 0.2) is 48.3 Å². The maximum Gasteiger partial charge on any atom is 0.313 e. The molecule has 1 aromatic carbocycles. The molecular formula is C17H19NO4. The van der Waals surface area contributed by atoms with E-state index in [1.165, 1.54) is 0 Å². The van der Waals surface area contributed by atoms with Gasteiger partial charge in [0, 0.05) is 12.0 Å². The maximum atomic E-state index is 12.2. The maximum absolute atomic E-state index is 12.2. The molecule has 2 rings (SSSR count). The second kappa shape index (κ2) is 6.47. The quantitative estimate of drug-likeness (QED) is 0.647. The SMILES string of the molecule is C=C(/C=C(\CC)OC)[C@@H]1NC(=O)c2ccccc2[C@@H]1C(=O)O. The second-order valence-electron chi connectivity index (χ2n) is 5.10. The zero-order valence-electron chi connectivity index (χ0n) is 12.6. The number of amides is 1. The van der Waals surface area contributed by atoms with Crippen molar-refractivity contribution in [3.63, 3.8) is 0 Å². The fourth-order valence-corrected chi connectivity index (χ4v) is 2.64. The molecule has 0 aliphatic carbocycles. The Morgan fingerprint density at radius 1 is 1.45 bits per heavy atom. The molecule has 0 unspecified atom stereocenters. The summed E-state index contributed by atoms with van der Waals surface area (Å²) in [5.74, 6) is -1.47. The molecule has 1 heterocycles. The molecule has 2 atom stereocenters. The van der Waals surface area contributed by atoms with Crippen LogP contribution >= 0.6 is 0 Å². The predicted molar refractivity (Wildman–Crippen MR) is 82.6 cm³/mol. The molecule has 0 aromatic heterocycles. The molecule has 5 nitrogen and oxygen atoms in total. The summed E-state index contributed by atoms with van der Waals surface area (Å²) in [4.78, 5) is 23.9. The fourth-order valence-electron chi connectivity index (χ4n) is 2.64. The number of carboxylic acids is 1. The molecular weight excluding hydrogens is 282 g/mol. The first-order valence-electron chi connectivity index (χ1n) is 7.05. The van der Waals surface area contributed by atoms with Gasteiger partial charge in [-0.1, -0.05) is 31.7 Å². The number of aliphatic carboxylic acids is 1. The van der Waals surface area contributed by atoms with E-state index in [9.17, 15) is 14.7 Å². The number of carbonyl (C=O) groups is 2. The van der Waals surface area contributed by atoms with Gasteiger partial charge in [-0.15, -0.1) is 0 Å². The third-order valence-corrected chi connectivity index (χ3v) is 3.78. The van der Waals surface area contributed by atoms with Crippen LogP contribution in [0.1, 0.15) is 35.2 Å². The van der Waals surface area contributed by atoms with E-state index in [2.05, 4.69) is 11.9 Å². The Kier molecular flexibility index (Phi) is 4.65. The third kappa shape index (κ3) is 2.88. The number of carbonyl (C=O) groups excluding carboxylic acids is 1. The van der Waals surface area contributed by atoms with Crippen molar-refractivity contribution in [3.05, 3.63) is 59.4 Å². The van der Waals surface area contributed by atoms with Crippen LogP contribution in [0, 0.1) is 0 Å². The lowest BCUT2D eigenvalue weighted by molar-refractivity contribution is -0.139. The Labute approximate surface area is 129 Å². The largest absolute Gasteiger partial charge is 0.501 e. The van der Waals surface area contributed by atoms with Crippen molar-refractivity contribution < 1.29 is 19.4 Å². The van der Waals surface area contributed by atoms with Gasteiger partial charge < -0.3 is 15.2 Å². The molecule has 2 N–H and O–H groups in total. The number of methoxy groups -OCH3 is 1. The van der Waals surface area contributed by atoms with Gasteiger partial charge >= 0.3 is 5.97 Å². The molecule has 0 bridgehead atoms. The Morgan fingerprint density at radius 3 is 2.73 bits per heavy atom. The minimum absolute atomic E-state index is 0.289. The Bertz CT molecular complexity index is 642. The van der Waals surface area contributed by atoms with Gasteiger partial charge in [0.2, 0.25) is 0 Å².